The molecule has 2 unspecified atom stereocenters. The number of carbonyl (C=O) groups is 1. The standard InChI is InChI=1S/C17H22ClNO2/c18-13-6-4-5-12(9-13)14-10-15(14)16(20)19-11-17(21)7-2-1-3-8-17/h4-6,9,14-15,21H,1-3,7-8,10-11H2,(H,19,20). The van der Waals surface area contributed by atoms with Gasteiger partial charge >= 0.3 is 0 Å². The molecule has 0 aromatic heterocycles. The van der Waals surface area contributed by atoms with E-state index in [4.69, 9.17) is 11.6 Å². The molecule has 3 nitrogen and oxygen atoms in total. The molecule has 4 heteroatoms. The fourth-order valence-corrected chi connectivity index (χ4v) is 3.56. The fourth-order valence-electron chi connectivity index (χ4n) is 3.36. The highest BCUT2D eigenvalue weighted by Gasteiger charge is 2.44. The van der Waals surface area contributed by atoms with Gasteiger partial charge in [0, 0.05) is 17.5 Å². The number of rotatable bonds is 4. The van der Waals surface area contributed by atoms with Crippen LogP contribution in [-0.2, 0) is 4.79 Å². The summed E-state index contributed by atoms with van der Waals surface area (Å²) in [6.45, 7) is 0.393. The molecule has 2 N–H and O–H groups in total. The molecule has 0 radical (unpaired) electrons. The van der Waals surface area contributed by atoms with Crippen molar-refractivity contribution < 1.29 is 9.90 Å². The Morgan fingerprint density at radius 2 is 2.10 bits per heavy atom. The Morgan fingerprint density at radius 3 is 2.81 bits per heavy atom. The van der Waals surface area contributed by atoms with Crippen molar-refractivity contribution in [3.63, 3.8) is 0 Å². The molecule has 0 bridgehead atoms. The van der Waals surface area contributed by atoms with Crippen molar-refractivity contribution in [1.82, 2.24) is 5.32 Å². The topological polar surface area (TPSA) is 49.3 Å². The Balaban J connectivity index is 1.51. The molecule has 0 aliphatic heterocycles. The molecule has 21 heavy (non-hydrogen) atoms. The van der Waals surface area contributed by atoms with Gasteiger partial charge in [0.2, 0.25) is 5.91 Å². The van der Waals surface area contributed by atoms with Crippen LogP contribution in [0.15, 0.2) is 24.3 Å². The molecule has 2 aliphatic carbocycles. The molecule has 114 valence electrons. The highest BCUT2D eigenvalue weighted by atomic mass is 35.5. The molecular formula is C17H22ClNO2. The van der Waals surface area contributed by atoms with Crippen LogP contribution in [-0.4, -0.2) is 23.2 Å². The summed E-state index contributed by atoms with van der Waals surface area (Å²) in [6.07, 6.45) is 5.79. The summed E-state index contributed by atoms with van der Waals surface area (Å²) in [5, 5.41) is 14.1. The van der Waals surface area contributed by atoms with Gasteiger partial charge in [-0.05, 0) is 42.9 Å². The van der Waals surface area contributed by atoms with E-state index in [-0.39, 0.29) is 17.7 Å². The number of aliphatic hydroxyl groups is 1. The molecule has 1 aromatic rings. The minimum absolute atomic E-state index is 0.0376. The van der Waals surface area contributed by atoms with Crippen molar-refractivity contribution in [3.8, 4) is 0 Å². The van der Waals surface area contributed by atoms with Crippen LogP contribution in [0.5, 0.6) is 0 Å². The zero-order valence-corrected chi connectivity index (χ0v) is 12.9. The van der Waals surface area contributed by atoms with E-state index in [0.717, 1.165) is 42.7 Å². The molecule has 3 rings (SSSR count). The van der Waals surface area contributed by atoms with Crippen molar-refractivity contribution >= 4 is 17.5 Å². The highest BCUT2D eigenvalue weighted by molar-refractivity contribution is 6.30. The van der Waals surface area contributed by atoms with E-state index >= 15 is 0 Å². The lowest BCUT2D eigenvalue weighted by atomic mass is 9.85. The van der Waals surface area contributed by atoms with Gasteiger partial charge in [-0.1, -0.05) is 43.0 Å². The van der Waals surface area contributed by atoms with Gasteiger partial charge in [-0.3, -0.25) is 4.79 Å². The molecule has 1 amide bonds. The average Bonchev–Trinajstić information content (AvgIpc) is 3.26. The first-order valence-electron chi connectivity index (χ1n) is 7.83. The Labute approximate surface area is 130 Å². The van der Waals surface area contributed by atoms with Gasteiger partial charge in [-0.15, -0.1) is 0 Å². The number of carbonyl (C=O) groups excluding carboxylic acids is 1. The fraction of sp³-hybridized carbons (Fsp3) is 0.588. The summed E-state index contributed by atoms with van der Waals surface area (Å²) >= 11 is 5.99. The summed E-state index contributed by atoms with van der Waals surface area (Å²) in [4.78, 5) is 12.2. The lowest BCUT2D eigenvalue weighted by Gasteiger charge is -2.32. The number of nitrogens with one attached hydrogen (secondary N) is 1. The predicted octanol–water partition coefficient (Wildman–Crippen LogP) is 3.25. The normalized spacial score (nSPS) is 27.1. The van der Waals surface area contributed by atoms with Crippen LogP contribution >= 0.6 is 11.6 Å². The van der Waals surface area contributed by atoms with Crippen LogP contribution < -0.4 is 5.32 Å². The van der Waals surface area contributed by atoms with Crippen LogP contribution in [0.3, 0.4) is 0 Å². The average molecular weight is 308 g/mol. The van der Waals surface area contributed by atoms with Crippen molar-refractivity contribution in [1.29, 1.82) is 0 Å². The third kappa shape index (κ3) is 3.58. The number of halogens is 1. The van der Waals surface area contributed by atoms with E-state index in [1.54, 1.807) is 0 Å². The van der Waals surface area contributed by atoms with Crippen molar-refractivity contribution in [2.75, 3.05) is 6.54 Å². The van der Waals surface area contributed by atoms with Gasteiger partial charge in [-0.2, -0.15) is 0 Å². The van der Waals surface area contributed by atoms with E-state index in [1.165, 1.54) is 6.42 Å². The molecule has 0 heterocycles. The zero-order valence-electron chi connectivity index (χ0n) is 12.1. The van der Waals surface area contributed by atoms with E-state index in [2.05, 4.69) is 5.32 Å². The van der Waals surface area contributed by atoms with Gasteiger partial charge in [0.15, 0.2) is 0 Å². The molecule has 2 aliphatic rings. The molecule has 2 saturated carbocycles. The smallest absolute Gasteiger partial charge is 0.223 e. The Morgan fingerprint density at radius 1 is 1.33 bits per heavy atom. The third-order valence-electron chi connectivity index (χ3n) is 4.78. The maximum absolute atomic E-state index is 12.2. The molecule has 0 spiro atoms. The monoisotopic (exact) mass is 307 g/mol. The Kier molecular flexibility index (Phi) is 4.23. The minimum Gasteiger partial charge on any atom is -0.388 e. The largest absolute Gasteiger partial charge is 0.388 e. The number of hydrogen-bond donors (Lipinski definition) is 2. The van der Waals surface area contributed by atoms with Crippen molar-refractivity contribution in [3.05, 3.63) is 34.9 Å². The summed E-state index contributed by atoms with van der Waals surface area (Å²) in [5.74, 6) is 0.388. The van der Waals surface area contributed by atoms with Crippen molar-refractivity contribution in [2.45, 2.75) is 50.0 Å². The van der Waals surface area contributed by atoms with Crippen LogP contribution in [0, 0.1) is 5.92 Å². The quantitative estimate of drug-likeness (QED) is 0.897. The first-order valence-corrected chi connectivity index (χ1v) is 8.21. The van der Waals surface area contributed by atoms with E-state index in [0.29, 0.717) is 6.54 Å². The number of hydrogen-bond acceptors (Lipinski definition) is 2. The van der Waals surface area contributed by atoms with E-state index in [9.17, 15) is 9.90 Å². The Bertz CT molecular complexity index is 525. The third-order valence-corrected chi connectivity index (χ3v) is 5.02. The maximum atomic E-state index is 12.2. The second kappa shape index (κ2) is 5.98. The second-order valence-corrected chi connectivity index (χ2v) is 6.94. The first kappa shape index (κ1) is 14.9. The summed E-state index contributed by atoms with van der Waals surface area (Å²) in [7, 11) is 0. The molecular weight excluding hydrogens is 286 g/mol. The Hall–Kier alpha value is -1.06. The van der Waals surface area contributed by atoms with Crippen LogP contribution in [0.1, 0.15) is 50.0 Å². The molecule has 0 saturated heterocycles. The molecule has 2 atom stereocenters. The van der Waals surface area contributed by atoms with Gasteiger partial charge < -0.3 is 10.4 Å². The lowest BCUT2D eigenvalue weighted by Crippen LogP contribution is -2.44. The summed E-state index contributed by atoms with van der Waals surface area (Å²) < 4.78 is 0. The summed E-state index contributed by atoms with van der Waals surface area (Å²) in [5.41, 5.74) is 0.452. The van der Waals surface area contributed by atoms with E-state index in [1.807, 2.05) is 24.3 Å². The van der Waals surface area contributed by atoms with Gasteiger partial charge in [-0.25, -0.2) is 0 Å². The zero-order chi connectivity index (χ0) is 14.9. The minimum atomic E-state index is -0.686. The van der Waals surface area contributed by atoms with Crippen LogP contribution in [0.2, 0.25) is 5.02 Å². The highest BCUT2D eigenvalue weighted by Crippen LogP contribution is 2.48. The van der Waals surface area contributed by atoms with Crippen LogP contribution in [0.25, 0.3) is 0 Å². The SMILES string of the molecule is O=C(NCC1(O)CCCCC1)C1CC1c1cccc(Cl)c1. The van der Waals surface area contributed by atoms with Gasteiger partial charge in [0.25, 0.3) is 0 Å². The van der Waals surface area contributed by atoms with E-state index < -0.39 is 5.60 Å². The predicted molar refractivity (Wildman–Crippen MR) is 83.3 cm³/mol. The van der Waals surface area contributed by atoms with Crippen LogP contribution in [0.4, 0.5) is 0 Å². The number of benzene rings is 1. The van der Waals surface area contributed by atoms with Gasteiger partial charge in [0.05, 0.1) is 5.60 Å². The summed E-state index contributed by atoms with van der Waals surface area (Å²) in [6, 6.07) is 7.74. The van der Waals surface area contributed by atoms with Crippen molar-refractivity contribution in [2.24, 2.45) is 5.92 Å². The maximum Gasteiger partial charge on any atom is 0.223 e. The van der Waals surface area contributed by atoms with Gasteiger partial charge in [0.1, 0.15) is 0 Å². The molecule has 1 aromatic carbocycles. The second-order valence-electron chi connectivity index (χ2n) is 6.51. The lowest BCUT2D eigenvalue weighted by molar-refractivity contribution is -0.124. The number of amides is 1. The first-order chi connectivity index (χ1) is 10.1. The molecule has 2 fully saturated rings.